The standard InChI is InChI=1S/C23H35N5O.2ClH/c1-18(2)17-28-20(26-19-7-5-11-25-22(19)28)15-23(8-3-4-9-23)16-21(29)27-13-6-10-24-12-14-27;;/h5,7,11,18,24H,3-4,6,8-10,12-17H2,1-2H3;2*1H. The van der Waals surface area contributed by atoms with Gasteiger partial charge in [0.05, 0.1) is 0 Å². The number of hydrogen-bond acceptors (Lipinski definition) is 4. The molecule has 2 aromatic rings. The van der Waals surface area contributed by atoms with Gasteiger partial charge in [-0.05, 0) is 49.3 Å². The lowest BCUT2D eigenvalue weighted by Crippen LogP contribution is -2.38. The van der Waals surface area contributed by atoms with Crippen LogP contribution in [-0.2, 0) is 17.8 Å². The summed E-state index contributed by atoms with van der Waals surface area (Å²) >= 11 is 0. The van der Waals surface area contributed by atoms with Crippen LogP contribution in [0.1, 0.15) is 58.2 Å². The topological polar surface area (TPSA) is 63.1 Å². The van der Waals surface area contributed by atoms with Crippen molar-refractivity contribution in [2.75, 3.05) is 26.2 Å². The maximum Gasteiger partial charge on any atom is 0.223 e. The van der Waals surface area contributed by atoms with Crippen LogP contribution in [0, 0.1) is 11.3 Å². The largest absolute Gasteiger partial charge is 0.341 e. The molecule has 0 aromatic carbocycles. The van der Waals surface area contributed by atoms with Crippen LogP contribution in [0.15, 0.2) is 18.3 Å². The van der Waals surface area contributed by atoms with E-state index in [4.69, 9.17) is 4.98 Å². The van der Waals surface area contributed by atoms with E-state index < -0.39 is 0 Å². The molecular weight excluding hydrogens is 433 g/mol. The Morgan fingerprint density at radius 1 is 1.16 bits per heavy atom. The lowest BCUT2D eigenvalue weighted by molar-refractivity contribution is -0.133. The van der Waals surface area contributed by atoms with E-state index >= 15 is 0 Å². The summed E-state index contributed by atoms with van der Waals surface area (Å²) in [6, 6.07) is 4.01. The molecule has 1 N–H and O–H groups in total. The first-order valence-electron chi connectivity index (χ1n) is 11.3. The van der Waals surface area contributed by atoms with Gasteiger partial charge in [-0.2, -0.15) is 0 Å². The molecule has 3 heterocycles. The minimum atomic E-state index is 0. The smallest absolute Gasteiger partial charge is 0.223 e. The van der Waals surface area contributed by atoms with E-state index in [0.717, 1.165) is 75.4 Å². The number of carbonyl (C=O) groups is 1. The number of hydrogen-bond donors (Lipinski definition) is 1. The predicted octanol–water partition coefficient (Wildman–Crippen LogP) is 4.25. The summed E-state index contributed by atoms with van der Waals surface area (Å²) in [5, 5.41) is 3.40. The van der Waals surface area contributed by atoms with Crippen molar-refractivity contribution in [3.8, 4) is 0 Å². The molecule has 2 aliphatic rings. The van der Waals surface area contributed by atoms with Crippen LogP contribution in [0.2, 0.25) is 0 Å². The highest BCUT2D eigenvalue weighted by molar-refractivity contribution is 5.85. The summed E-state index contributed by atoms with van der Waals surface area (Å²) in [7, 11) is 0. The van der Waals surface area contributed by atoms with Gasteiger partial charge in [0.2, 0.25) is 5.91 Å². The maximum atomic E-state index is 13.2. The van der Waals surface area contributed by atoms with Crippen molar-refractivity contribution in [2.45, 2.75) is 65.3 Å². The Kier molecular flexibility index (Phi) is 9.59. The van der Waals surface area contributed by atoms with Crippen molar-refractivity contribution >= 4 is 41.9 Å². The second kappa shape index (κ2) is 11.5. The first-order valence-corrected chi connectivity index (χ1v) is 11.3. The van der Waals surface area contributed by atoms with Gasteiger partial charge in [0.1, 0.15) is 11.3 Å². The van der Waals surface area contributed by atoms with Crippen molar-refractivity contribution in [1.82, 2.24) is 24.8 Å². The Labute approximate surface area is 198 Å². The predicted molar refractivity (Wildman–Crippen MR) is 130 cm³/mol. The Hall–Kier alpha value is -1.37. The van der Waals surface area contributed by atoms with E-state index in [0.29, 0.717) is 18.2 Å². The number of carbonyl (C=O) groups excluding carboxylic acids is 1. The third-order valence-electron chi connectivity index (χ3n) is 6.55. The van der Waals surface area contributed by atoms with Gasteiger partial charge in [0.25, 0.3) is 0 Å². The number of nitrogens with zero attached hydrogens (tertiary/aromatic N) is 4. The molecule has 2 fully saturated rings. The van der Waals surface area contributed by atoms with Crippen molar-refractivity contribution in [3.63, 3.8) is 0 Å². The first-order chi connectivity index (χ1) is 14.1. The number of rotatable bonds is 6. The quantitative estimate of drug-likeness (QED) is 0.686. The number of imidazole rings is 1. The fourth-order valence-electron chi connectivity index (χ4n) is 5.10. The van der Waals surface area contributed by atoms with E-state index in [1.807, 2.05) is 12.3 Å². The van der Waals surface area contributed by atoms with Gasteiger partial charge in [-0.25, -0.2) is 9.97 Å². The lowest BCUT2D eigenvalue weighted by atomic mass is 9.78. The van der Waals surface area contributed by atoms with Crippen LogP contribution in [0.25, 0.3) is 11.2 Å². The minimum Gasteiger partial charge on any atom is -0.341 e. The molecule has 0 bridgehead atoms. The number of nitrogens with one attached hydrogen (secondary N) is 1. The molecule has 8 heteroatoms. The highest BCUT2D eigenvalue weighted by Crippen LogP contribution is 2.44. The Morgan fingerprint density at radius 3 is 2.68 bits per heavy atom. The van der Waals surface area contributed by atoms with Gasteiger partial charge in [-0.15, -0.1) is 24.8 Å². The summed E-state index contributed by atoms with van der Waals surface area (Å²) < 4.78 is 2.31. The number of amides is 1. The summed E-state index contributed by atoms with van der Waals surface area (Å²) in [6.07, 6.45) is 9.14. The average molecular weight is 470 g/mol. The van der Waals surface area contributed by atoms with Crippen LogP contribution in [0.5, 0.6) is 0 Å². The molecule has 1 saturated heterocycles. The maximum absolute atomic E-state index is 13.2. The summed E-state index contributed by atoms with van der Waals surface area (Å²) in [4.78, 5) is 24.9. The molecule has 1 amide bonds. The summed E-state index contributed by atoms with van der Waals surface area (Å²) in [5.41, 5.74) is 2.00. The third-order valence-corrected chi connectivity index (χ3v) is 6.55. The van der Waals surface area contributed by atoms with Crippen LogP contribution < -0.4 is 5.32 Å². The summed E-state index contributed by atoms with van der Waals surface area (Å²) in [6.45, 7) is 9.05. The zero-order valence-corrected chi connectivity index (χ0v) is 20.4. The van der Waals surface area contributed by atoms with Gasteiger partial charge in [-0.1, -0.05) is 26.7 Å². The molecule has 1 aliphatic heterocycles. The monoisotopic (exact) mass is 469 g/mol. The summed E-state index contributed by atoms with van der Waals surface area (Å²) in [5.74, 6) is 1.97. The van der Waals surface area contributed by atoms with E-state index in [1.165, 1.54) is 12.8 Å². The number of pyridine rings is 1. The third kappa shape index (κ3) is 6.11. The van der Waals surface area contributed by atoms with E-state index in [-0.39, 0.29) is 30.2 Å². The fourth-order valence-corrected chi connectivity index (χ4v) is 5.10. The number of aromatic nitrogens is 3. The van der Waals surface area contributed by atoms with Gasteiger partial charge < -0.3 is 14.8 Å². The molecule has 4 rings (SSSR count). The molecule has 6 nitrogen and oxygen atoms in total. The van der Waals surface area contributed by atoms with Crippen LogP contribution in [-0.4, -0.2) is 51.5 Å². The van der Waals surface area contributed by atoms with Gasteiger partial charge in [0, 0.05) is 45.2 Å². The minimum absolute atomic E-state index is 0. The average Bonchev–Trinajstić information content (AvgIpc) is 3.15. The Morgan fingerprint density at radius 2 is 1.94 bits per heavy atom. The molecule has 2 aromatic heterocycles. The molecule has 1 aliphatic carbocycles. The molecule has 1 saturated carbocycles. The molecule has 174 valence electrons. The molecule has 31 heavy (non-hydrogen) atoms. The molecule has 0 spiro atoms. The highest BCUT2D eigenvalue weighted by Gasteiger charge is 2.39. The van der Waals surface area contributed by atoms with Crippen molar-refractivity contribution in [1.29, 1.82) is 0 Å². The van der Waals surface area contributed by atoms with E-state index in [9.17, 15) is 4.79 Å². The van der Waals surface area contributed by atoms with E-state index in [2.05, 4.69) is 39.7 Å². The molecule has 0 unspecified atom stereocenters. The second-order valence-corrected chi connectivity index (χ2v) is 9.42. The van der Waals surface area contributed by atoms with Crippen molar-refractivity contribution < 1.29 is 4.79 Å². The fraction of sp³-hybridized carbons (Fsp3) is 0.696. The Balaban J connectivity index is 0.00000171. The van der Waals surface area contributed by atoms with Crippen LogP contribution in [0.4, 0.5) is 0 Å². The zero-order valence-electron chi connectivity index (χ0n) is 18.8. The van der Waals surface area contributed by atoms with Gasteiger partial charge >= 0.3 is 0 Å². The van der Waals surface area contributed by atoms with Crippen LogP contribution >= 0.6 is 24.8 Å². The SMILES string of the molecule is CC(C)Cn1c(CC2(CC(=O)N3CCCNCC3)CCCC2)nc2cccnc21.Cl.Cl. The second-order valence-electron chi connectivity index (χ2n) is 9.42. The number of fused-ring (bicyclic) bond motifs is 1. The molecule has 0 atom stereocenters. The lowest BCUT2D eigenvalue weighted by Gasteiger charge is -2.31. The van der Waals surface area contributed by atoms with Gasteiger partial charge in [0.15, 0.2) is 5.65 Å². The first kappa shape index (κ1) is 25.9. The van der Waals surface area contributed by atoms with Gasteiger partial charge in [-0.3, -0.25) is 4.79 Å². The number of halogens is 2. The zero-order chi connectivity index (χ0) is 20.3. The Bertz CT molecular complexity index is 840. The normalized spacial score (nSPS) is 18.5. The van der Waals surface area contributed by atoms with Crippen LogP contribution in [0.3, 0.4) is 0 Å². The molecular formula is C23H37Cl2N5O. The van der Waals surface area contributed by atoms with Crippen molar-refractivity contribution in [3.05, 3.63) is 24.2 Å². The highest BCUT2D eigenvalue weighted by atomic mass is 35.5. The molecule has 0 radical (unpaired) electrons. The van der Waals surface area contributed by atoms with Crippen molar-refractivity contribution in [2.24, 2.45) is 11.3 Å². The van der Waals surface area contributed by atoms with E-state index in [1.54, 1.807) is 0 Å².